The number of carbonyl (C=O) groups is 1. The molecule has 3 rings (SSSR count). The van der Waals surface area contributed by atoms with Gasteiger partial charge in [-0.2, -0.15) is 0 Å². The Kier molecular flexibility index (Phi) is 3.75. The van der Waals surface area contributed by atoms with Crippen molar-refractivity contribution < 1.29 is 9.90 Å². The maximum Gasteiger partial charge on any atom is 0.270 e. The molecule has 2 atom stereocenters. The lowest BCUT2D eigenvalue weighted by atomic mass is 9.93. The number of aromatic nitrogens is 1. The fraction of sp³-hybridized carbons (Fsp3) is 0.375. The molecule has 4 N–H and O–H groups in total. The van der Waals surface area contributed by atoms with E-state index in [4.69, 9.17) is 5.73 Å². The second-order valence-corrected chi connectivity index (χ2v) is 5.60. The second kappa shape index (κ2) is 5.69. The van der Waals surface area contributed by atoms with Gasteiger partial charge in [-0.3, -0.25) is 4.79 Å². The summed E-state index contributed by atoms with van der Waals surface area (Å²) in [5.74, 6) is -0.230. The molecule has 5 heteroatoms. The van der Waals surface area contributed by atoms with Crippen molar-refractivity contribution in [1.29, 1.82) is 0 Å². The van der Waals surface area contributed by atoms with Crippen LogP contribution in [0.1, 0.15) is 36.2 Å². The van der Waals surface area contributed by atoms with E-state index in [2.05, 4.69) is 10.3 Å². The lowest BCUT2D eigenvalue weighted by Gasteiger charge is -2.26. The van der Waals surface area contributed by atoms with Crippen molar-refractivity contribution >= 4 is 22.5 Å². The summed E-state index contributed by atoms with van der Waals surface area (Å²) in [6.07, 6.45) is 2.92. The van der Waals surface area contributed by atoms with Gasteiger partial charge in [-0.25, -0.2) is 4.98 Å². The van der Waals surface area contributed by atoms with Crippen molar-refractivity contribution in [2.24, 2.45) is 0 Å². The van der Waals surface area contributed by atoms with E-state index in [0.717, 1.165) is 24.6 Å². The third-order valence-corrected chi connectivity index (χ3v) is 3.96. The molecule has 1 aliphatic carbocycles. The molecule has 5 nitrogen and oxygen atoms in total. The molecular weight excluding hydrogens is 266 g/mol. The summed E-state index contributed by atoms with van der Waals surface area (Å²) < 4.78 is 0. The number of pyridine rings is 1. The minimum absolute atomic E-state index is 0.00995. The maximum absolute atomic E-state index is 12.3. The molecule has 2 aromatic rings. The number of anilines is 1. The van der Waals surface area contributed by atoms with E-state index in [1.165, 1.54) is 0 Å². The van der Waals surface area contributed by atoms with E-state index >= 15 is 0 Å². The molecule has 21 heavy (non-hydrogen) atoms. The van der Waals surface area contributed by atoms with Crippen molar-refractivity contribution in [2.75, 3.05) is 5.73 Å². The Morgan fingerprint density at radius 2 is 2.14 bits per heavy atom. The Bertz CT molecular complexity index is 672. The zero-order valence-corrected chi connectivity index (χ0v) is 11.7. The van der Waals surface area contributed by atoms with E-state index in [9.17, 15) is 9.90 Å². The Balaban J connectivity index is 1.81. The summed E-state index contributed by atoms with van der Waals surface area (Å²) in [7, 11) is 0. The van der Waals surface area contributed by atoms with E-state index in [-0.39, 0.29) is 18.1 Å². The van der Waals surface area contributed by atoms with Crippen LogP contribution in [0.5, 0.6) is 0 Å². The molecule has 0 bridgehead atoms. The van der Waals surface area contributed by atoms with Gasteiger partial charge in [0.05, 0.1) is 11.6 Å². The maximum atomic E-state index is 12.3. The topological polar surface area (TPSA) is 88.2 Å². The number of para-hydroxylation sites is 1. The largest absolute Gasteiger partial charge is 0.398 e. The molecule has 1 aliphatic rings. The minimum atomic E-state index is -0.321. The summed E-state index contributed by atoms with van der Waals surface area (Å²) in [6.45, 7) is 0. The molecule has 1 aromatic carbocycles. The van der Waals surface area contributed by atoms with Gasteiger partial charge >= 0.3 is 0 Å². The summed E-state index contributed by atoms with van der Waals surface area (Å²) in [5.41, 5.74) is 7.58. The van der Waals surface area contributed by atoms with Gasteiger partial charge in [-0.1, -0.05) is 18.2 Å². The molecule has 0 saturated heterocycles. The lowest BCUT2D eigenvalue weighted by molar-refractivity contribution is 0.0846. The molecule has 2 unspecified atom stereocenters. The van der Waals surface area contributed by atoms with Crippen LogP contribution in [0.3, 0.4) is 0 Å². The highest BCUT2D eigenvalue weighted by molar-refractivity contribution is 5.99. The number of rotatable bonds is 2. The normalized spacial score (nSPS) is 22.1. The average Bonchev–Trinajstić information content (AvgIpc) is 2.47. The highest BCUT2D eigenvalue weighted by Gasteiger charge is 2.22. The van der Waals surface area contributed by atoms with Crippen LogP contribution >= 0.6 is 0 Å². The quantitative estimate of drug-likeness (QED) is 0.785. The first-order valence-electron chi connectivity index (χ1n) is 7.27. The van der Waals surface area contributed by atoms with Crippen LogP contribution in [0.2, 0.25) is 0 Å². The van der Waals surface area contributed by atoms with Gasteiger partial charge in [0.1, 0.15) is 5.69 Å². The predicted octanol–water partition coefficient (Wildman–Crippen LogP) is 1.85. The van der Waals surface area contributed by atoms with E-state index in [1.807, 2.05) is 24.3 Å². The van der Waals surface area contributed by atoms with Crippen LogP contribution in [0.25, 0.3) is 10.9 Å². The molecular formula is C16H19N3O2. The van der Waals surface area contributed by atoms with E-state index < -0.39 is 0 Å². The van der Waals surface area contributed by atoms with Gasteiger partial charge in [0.15, 0.2) is 0 Å². The van der Waals surface area contributed by atoms with Crippen molar-refractivity contribution in [3.63, 3.8) is 0 Å². The summed E-state index contributed by atoms with van der Waals surface area (Å²) in [5, 5.41) is 13.5. The van der Waals surface area contributed by atoms with Crippen molar-refractivity contribution in [2.45, 2.75) is 37.8 Å². The first-order chi connectivity index (χ1) is 10.1. The number of aliphatic hydroxyl groups excluding tert-OH is 1. The van der Waals surface area contributed by atoms with Crippen LogP contribution in [0.15, 0.2) is 30.3 Å². The zero-order chi connectivity index (χ0) is 14.8. The van der Waals surface area contributed by atoms with Crippen LogP contribution in [-0.4, -0.2) is 28.1 Å². The number of nitrogens with one attached hydrogen (secondary N) is 1. The number of benzene rings is 1. The fourth-order valence-corrected chi connectivity index (χ4v) is 2.87. The van der Waals surface area contributed by atoms with Gasteiger partial charge in [0.2, 0.25) is 0 Å². The first-order valence-corrected chi connectivity index (χ1v) is 7.27. The second-order valence-electron chi connectivity index (χ2n) is 5.60. The van der Waals surface area contributed by atoms with Gasteiger partial charge in [-0.15, -0.1) is 0 Å². The Morgan fingerprint density at radius 3 is 2.95 bits per heavy atom. The molecule has 0 spiro atoms. The van der Waals surface area contributed by atoms with Crippen LogP contribution in [0.4, 0.5) is 5.69 Å². The molecule has 1 aromatic heterocycles. The highest BCUT2D eigenvalue weighted by atomic mass is 16.3. The third-order valence-electron chi connectivity index (χ3n) is 3.96. The molecule has 1 saturated carbocycles. The van der Waals surface area contributed by atoms with Crippen molar-refractivity contribution in [3.8, 4) is 0 Å². The summed E-state index contributed by atoms with van der Waals surface area (Å²) >= 11 is 0. The van der Waals surface area contributed by atoms with Gasteiger partial charge in [0, 0.05) is 17.1 Å². The Hall–Kier alpha value is -2.14. The van der Waals surface area contributed by atoms with E-state index in [1.54, 1.807) is 6.07 Å². The Morgan fingerprint density at radius 1 is 1.33 bits per heavy atom. The predicted molar refractivity (Wildman–Crippen MR) is 81.9 cm³/mol. The number of nitrogens with two attached hydrogens (primary N) is 1. The average molecular weight is 285 g/mol. The fourth-order valence-electron chi connectivity index (χ4n) is 2.87. The molecule has 1 fully saturated rings. The smallest absolute Gasteiger partial charge is 0.270 e. The van der Waals surface area contributed by atoms with Gasteiger partial charge < -0.3 is 16.2 Å². The number of amides is 1. The number of fused-ring (bicyclic) bond motifs is 1. The van der Waals surface area contributed by atoms with Gasteiger partial charge in [-0.05, 0) is 37.8 Å². The molecule has 1 heterocycles. The number of nitrogens with zero attached hydrogens (tertiary/aromatic N) is 1. The number of hydrogen-bond acceptors (Lipinski definition) is 4. The summed E-state index contributed by atoms with van der Waals surface area (Å²) in [6, 6.07) is 9.11. The number of nitrogen functional groups attached to an aromatic ring is 1. The van der Waals surface area contributed by atoms with Crippen LogP contribution in [-0.2, 0) is 0 Å². The number of hydrogen-bond donors (Lipinski definition) is 3. The first kappa shape index (κ1) is 13.8. The molecule has 1 amide bonds. The Labute approximate surface area is 123 Å². The standard InChI is InChI=1S/C16H19N3O2/c17-13-9-15(19-14-7-2-1-6-12(13)14)16(21)18-10-4-3-5-11(20)8-10/h1-2,6-7,9-11,20H,3-5,8H2,(H2,17,19)(H,18,21). The van der Waals surface area contributed by atoms with Crippen LogP contribution < -0.4 is 11.1 Å². The SMILES string of the molecule is Nc1cc(C(=O)NC2CCCC(O)C2)nc2ccccc12. The van der Waals surface area contributed by atoms with E-state index in [0.29, 0.717) is 23.3 Å². The number of carbonyl (C=O) groups excluding carboxylic acids is 1. The van der Waals surface area contributed by atoms with Crippen LogP contribution in [0, 0.1) is 0 Å². The molecule has 0 radical (unpaired) electrons. The number of aliphatic hydroxyl groups is 1. The molecule has 0 aliphatic heterocycles. The lowest BCUT2D eigenvalue weighted by Crippen LogP contribution is -2.40. The molecule has 110 valence electrons. The monoisotopic (exact) mass is 285 g/mol. The minimum Gasteiger partial charge on any atom is -0.398 e. The van der Waals surface area contributed by atoms with Gasteiger partial charge in [0.25, 0.3) is 5.91 Å². The third kappa shape index (κ3) is 2.97. The highest BCUT2D eigenvalue weighted by Crippen LogP contribution is 2.21. The van der Waals surface area contributed by atoms with Crippen molar-refractivity contribution in [3.05, 3.63) is 36.0 Å². The van der Waals surface area contributed by atoms with Crippen molar-refractivity contribution in [1.82, 2.24) is 10.3 Å². The summed E-state index contributed by atoms with van der Waals surface area (Å²) in [4.78, 5) is 16.7. The zero-order valence-electron chi connectivity index (χ0n) is 11.7.